The number of anilines is 1. The fourth-order valence-electron chi connectivity index (χ4n) is 2.09. The molecule has 0 bridgehead atoms. The minimum absolute atomic E-state index is 0.0620. The van der Waals surface area contributed by atoms with Gasteiger partial charge in [-0.25, -0.2) is 4.98 Å². The average Bonchev–Trinajstić information content (AvgIpc) is 2.92. The number of nitrogens with one attached hydrogen (secondary N) is 1. The van der Waals surface area contributed by atoms with Gasteiger partial charge in [-0.3, -0.25) is 9.59 Å². The summed E-state index contributed by atoms with van der Waals surface area (Å²) < 4.78 is 1.29. The summed E-state index contributed by atoms with van der Waals surface area (Å²) in [4.78, 5) is 30.8. The summed E-state index contributed by atoms with van der Waals surface area (Å²) in [7, 11) is 1.78. The van der Waals surface area contributed by atoms with Crippen molar-refractivity contribution in [1.29, 1.82) is 0 Å². The predicted molar refractivity (Wildman–Crippen MR) is 92.3 cm³/mol. The van der Waals surface area contributed by atoms with Crippen molar-refractivity contribution < 1.29 is 4.79 Å². The van der Waals surface area contributed by atoms with E-state index in [0.29, 0.717) is 10.1 Å². The monoisotopic (exact) mass is 337 g/mol. The van der Waals surface area contributed by atoms with E-state index in [-0.39, 0.29) is 24.1 Å². The molecule has 126 valence electrons. The van der Waals surface area contributed by atoms with Gasteiger partial charge >= 0.3 is 0 Å². The van der Waals surface area contributed by atoms with Crippen LogP contribution in [0.4, 0.5) is 5.13 Å². The van der Waals surface area contributed by atoms with Crippen molar-refractivity contribution in [2.45, 2.75) is 46.1 Å². The van der Waals surface area contributed by atoms with Crippen LogP contribution in [0.3, 0.4) is 0 Å². The molecule has 2 aromatic heterocycles. The van der Waals surface area contributed by atoms with E-state index in [1.54, 1.807) is 11.9 Å². The third kappa shape index (κ3) is 4.28. The first-order valence-electron chi connectivity index (χ1n) is 7.84. The Morgan fingerprint density at radius 1 is 1.48 bits per heavy atom. The second-order valence-corrected chi connectivity index (χ2v) is 6.58. The summed E-state index contributed by atoms with van der Waals surface area (Å²) in [6, 6.07) is 1.67. The highest BCUT2D eigenvalue weighted by molar-refractivity contribution is 7.20. The Labute approximate surface area is 139 Å². The Bertz CT molecular complexity index is 739. The van der Waals surface area contributed by atoms with Gasteiger partial charge in [-0.05, 0) is 19.8 Å². The first kappa shape index (κ1) is 17.4. The van der Waals surface area contributed by atoms with Gasteiger partial charge in [-0.2, -0.15) is 4.52 Å². The van der Waals surface area contributed by atoms with Gasteiger partial charge in [0.15, 0.2) is 0 Å². The maximum Gasteiger partial charge on any atom is 0.275 e. The highest BCUT2D eigenvalue weighted by atomic mass is 32.1. The Kier molecular flexibility index (Phi) is 5.70. The maximum atomic E-state index is 12.1. The van der Waals surface area contributed by atoms with Crippen LogP contribution in [0, 0.1) is 0 Å². The third-order valence-corrected chi connectivity index (χ3v) is 4.54. The Balaban J connectivity index is 2.18. The topological polar surface area (TPSA) is 79.6 Å². The number of carbonyl (C=O) groups excluding carboxylic acids is 1. The molecule has 8 heteroatoms. The number of fused-ring (bicyclic) bond motifs is 1. The SMILES string of the molecule is CCCc1cc(=O)n2nc(N(C)CC(=O)N[C@@H](C)CC)sc2n1. The molecule has 0 aliphatic carbocycles. The van der Waals surface area contributed by atoms with E-state index in [0.717, 1.165) is 25.0 Å². The number of aromatic nitrogens is 3. The molecule has 0 aliphatic rings. The van der Waals surface area contributed by atoms with Crippen molar-refractivity contribution in [3.63, 3.8) is 0 Å². The largest absolute Gasteiger partial charge is 0.352 e. The summed E-state index contributed by atoms with van der Waals surface area (Å²) in [6.07, 6.45) is 2.59. The molecule has 23 heavy (non-hydrogen) atoms. The number of hydrogen-bond donors (Lipinski definition) is 1. The Morgan fingerprint density at radius 3 is 2.87 bits per heavy atom. The Morgan fingerprint density at radius 2 is 2.22 bits per heavy atom. The van der Waals surface area contributed by atoms with Gasteiger partial charge in [0, 0.05) is 24.8 Å². The van der Waals surface area contributed by atoms with Crippen LogP contribution in [0.15, 0.2) is 10.9 Å². The van der Waals surface area contributed by atoms with Crippen LogP contribution in [0.1, 0.15) is 39.3 Å². The second kappa shape index (κ2) is 7.54. The molecule has 0 fully saturated rings. The van der Waals surface area contributed by atoms with Crippen molar-refractivity contribution in [2.24, 2.45) is 0 Å². The van der Waals surface area contributed by atoms with E-state index in [2.05, 4.69) is 15.4 Å². The van der Waals surface area contributed by atoms with E-state index >= 15 is 0 Å². The van der Waals surface area contributed by atoms with Gasteiger partial charge in [0.25, 0.3) is 5.56 Å². The first-order chi connectivity index (χ1) is 10.9. The molecule has 2 rings (SSSR count). The molecular formula is C15H23N5O2S. The first-order valence-corrected chi connectivity index (χ1v) is 8.66. The van der Waals surface area contributed by atoms with Gasteiger partial charge in [-0.1, -0.05) is 31.6 Å². The van der Waals surface area contributed by atoms with E-state index in [1.807, 2.05) is 20.8 Å². The van der Waals surface area contributed by atoms with Crippen molar-refractivity contribution in [1.82, 2.24) is 19.9 Å². The fraction of sp³-hybridized carbons (Fsp3) is 0.600. The van der Waals surface area contributed by atoms with Gasteiger partial charge < -0.3 is 10.2 Å². The quantitative estimate of drug-likeness (QED) is 0.827. The predicted octanol–water partition coefficient (Wildman–Crippen LogP) is 1.45. The number of aryl methyl sites for hydroxylation is 1. The van der Waals surface area contributed by atoms with Crippen LogP contribution in [0.5, 0.6) is 0 Å². The van der Waals surface area contributed by atoms with Crippen molar-refractivity contribution in [3.05, 3.63) is 22.1 Å². The standard InChI is InChI=1S/C15H23N5O2S/c1-5-7-11-8-13(22)20-14(17-11)23-15(18-20)19(4)9-12(21)16-10(3)6-2/h8,10H,5-7,9H2,1-4H3,(H,16,21)/t10-/m0/s1. The van der Waals surface area contributed by atoms with Crippen LogP contribution >= 0.6 is 11.3 Å². The van der Waals surface area contributed by atoms with Crippen LogP contribution in [-0.2, 0) is 11.2 Å². The van der Waals surface area contributed by atoms with E-state index in [1.165, 1.54) is 21.9 Å². The third-order valence-electron chi connectivity index (χ3n) is 3.52. The summed E-state index contributed by atoms with van der Waals surface area (Å²) in [6.45, 7) is 6.23. The molecule has 1 amide bonds. The fourth-order valence-corrected chi connectivity index (χ4v) is 2.98. The van der Waals surface area contributed by atoms with Gasteiger partial charge in [0.05, 0.1) is 6.54 Å². The molecule has 0 unspecified atom stereocenters. The molecule has 0 aliphatic heterocycles. The number of nitrogens with zero attached hydrogens (tertiary/aromatic N) is 4. The molecule has 0 aromatic carbocycles. The van der Waals surface area contributed by atoms with Gasteiger partial charge in [0.1, 0.15) is 0 Å². The lowest BCUT2D eigenvalue weighted by atomic mass is 10.2. The second-order valence-electron chi connectivity index (χ2n) is 5.65. The van der Waals surface area contributed by atoms with Gasteiger partial charge in [-0.15, -0.1) is 5.10 Å². The molecule has 1 atom stereocenters. The molecule has 0 saturated carbocycles. The van der Waals surface area contributed by atoms with Crippen molar-refractivity contribution in [2.75, 3.05) is 18.5 Å². The van der Waals surface area contributed by atoms with Crippen molar-refractivity contribution >= 4 is 27.3 Å². The average molecular weight is 337 g/mol. The molecular weight excluding hydrogens is 314 g/mol. The highest BCUT2D eigenvalue weighted by Gasteiger charge is 2.15. The van der Waals surface area contributed by atoms with Crippen LogP contribution in [0.2, 0.25) is 0 Å². The smallest absolute Gasteiger partial charge is 0.275 e. The number of hydrogen-bond acceptors (Lipinski definition) is 6. The lowest BCUT2D eigenvalue weighted by molar-refractivity contribution is -0.120. The zero-order valence-electron chi connectivity index (χ0n) is 14.0. The molecule has 0 radical (unpaired) electrons. The highest BCUT2D eigenvalue weighted by Crippen LogP contribution is 2.20. The number of amides is 1. The molecule has 0 saturated heterocycles. The van der Waals surface area contributed by atoms with E-state index in [9.17, 15) is 9.59 Å². The molecule has 7 nitrogen and oxygen atoms in total. The molecule has 2 heterocycles. The van der Waals surface area contributed by atoms with Crippen LogP contribution in [-0.4, -0.2) is 40.1 Å². The van der Waals surface area contributed by atoms with Crippen molar-refractivity contribution in [3.8, 4) is 0 Å². The Hall–Kier alpha value is -1.96. The zero-order valence-corrected chi connectivity index (χ0v) is 14.8. The van der Waals surface area contributed by atoms with E-state index in [4.69, 9.17) is 0 Å². The summed E-state index contributed by atoms with van der Waals surface area (Å²) in [5.74, 6) is -0.0620. The zero-order chi connectivity index (χ0) is 17.0. The molecule has 0 spiro atoms. The number of likely N-dealkylation sites (N-methyl/N-ethyl adjacent to an activating group) is 1. The summed E-state index contributed by atoms with van der Waals surface area (Å²) in [5, 5.41) is 7.78. The van der Waals surface area contributed by atoms with Crippen LogP contribution < -0.4 is 15.8 Å². The summed E-state index contributed by atoms with van der Waals surface area (Å²) >= 11 is 1.31. The van der Waals surface area contributed by atoms with Crippen LogP contribution in [0.25, 0.3) is 4.96 Å². The lowest BCUT2D eigenvalue weighted by Gasteiger charge is -2.17. The minimum atomic E-state index is -0.182. The summed E-state index contributed by atoms with van der Waals surface area (Å²) in [5.41, 5.74) is 0.600. The maximum absolute atomic E-state index is 12.1. The minimum Gasteiger partial charge on any atom is -0.352 e. The lowest BCUT2D eigenvalue weighted by Crippen LogP contribution is -2.39. The normalized spacial score (nSPS) is 12.3. The molecule has 2 aromatic rings. The van der Waals surface area contributed by atoms with E-state index < -0.39 is 0 Å². The number of carbonyl (C=O) groups is 1. The number of rotatable bonds is 7. The van der Waals surface area contributed by atoms with Gasteiger partial charge in [0.2, 0.25) is 16.0 Å². The molecule has 1 N–H and O–H groups in total.